The van der Waals surface area contributed by atoms with Crippen molar-refractivity contribution in [2.75, 3.05) is 0 Å². The van der Waals surface area contributed by atoms with Crippen molar-refractivity contribution in [3.63, 3.8) is 0 Å². The molecule has 0 atom stereocenters. The normalized spacial score (nSPS) is 11.7. The molecule has 0 saturated carbocycles. The molecule has 8 heteroatoms. The molecule has 0 bridgehead atoms. The Morgan fingerprint density at radius 2 is 0.183 bits per heavy atom. The highest BCUT2D eigenvalue weighted by Crippen LogP contribution is 2.39. The van der Waals surface area contributed by atoms with Crippen molar-refractivity contribution in [1.29, 1.82) is 0 Å². The summed E-state index contributed by atoms with van der Waals surface area (Å²) < 4.78 is 19.2. The zero-order valence-corrected chi connectivity index (χ0v) is 67.0. The number of para-hydroxylation sites is 16. The number of allylic oxidation sites excluding steroid dienone is 4. The van der Waals surface area contributed by atoms with Gasteiger partial charge >= 0.3 is 0 Å². The topological polar surface area (TPSA) is 39.4 Å². The standard InChI is InChI=1S/4C28H22N2/c4*1-20(18-29-25-14-6-2-10-21(25)22-11-3-7-15-26(22)29)19-30-27-16-8-4-12-23(27)24-13-5-9-17-28(24)30/h4*2-17H,1,18-19H2. The summed E-state index contributed by atoms with van der Waals surface area (Å²) in [6, 6.07) is 139. The molecule has 0 unspecified atom stereocenters. The Hall–Kier alpha value is -15.1. The predicted molar refractivity (Wildman–Crippen MR) is 512 cm³/mol. The molecule has 24 aromatic rings. The number of hydrogen-bond donors (Lipinski definition) is 0. The number of benzene rings is 16. The predicted octanol–water partition coefficient (Wildman–Crippen LogP) is 28.6. The number of nitrogens with zero attached hydrogens (tertiary/aromatic N) is 8. The first kappa shape index (κ1) is 72.6. The molecule has 24 rings (SSSR count). The van der Waals surface area contributed by atoms with E-state index in [9.17, 15) is 0 Å². The molecule has 8 heterocycles. The van der Waals surface area contributed by atoms with E-state index in [-0.39, 0.29) is 0 Å². The SMILES string of the molecule is C=C(Cn1c2ccccc2c2ccccc21)Cn1c2ccccc2c2ccccc21.C=C(Cn1c2ccccc2c2ccccc21)Cn1c2ccccc2c2ccccc21.C=C(Cn1c2ccccc2c2ccccc21)Cn1c2ccccc2c2ccccc21.C=C(Cn1c2ccccc2c2ccccc21)Cn1c2ccccc2c2ccccc21. The van der Waals surface area contributed by atoms with E-state index in [0.717, 1.165) is 52.4 Å². The lowest BCUT2D eigenvalue weighted by Gasteiger charge is -2.13. The lowest BCUT2D eigenvalue weighted by atomic mass is 10.2. The van der Waals surface area contributed by atoms with Crippen molar-refractivity contribution in [2.24, 2.45) is 0 Å². The van der Waals surface area contributed by atoms with Crippen LogP contribution in [-0.4, -0.2) is 36.5 Å². The summed E-state index contributed by atoms with van der Waals surface area (Å²) in [6.45, 7) is 24.4. The van der Waals surface area contributed by atoms with E-state index >= 15 is 0 Å². The van der Waals surface area contributed by atoms with Crippen LogP contribution in [-0.2, 0) is 52.4 Å². The van der Waals surface area contributed by atoms with Crippen molar-refractivity contribution in [3.8, 4) is 0 Å². The van der Waals surface area contributed by atoms with E-state index < -0.39 is 0 Å². The van der Waals surface area contributed by atoms with E-state index in [1.807, 2.05) is 0 Å². The van der Waals surface area contributed by atoms with Gasteiger partial charge in [0.1, 0.15) is 0 Å². The fourth-order valence-electron chi connectivity index (χ4n) is 19.4. The van der Waals surface area contributed by atoms with Gasteiger partial charge in [-0.2, -0.15) is 0 Å². The van der Waals surface area contributed by atoms with Gasteiger partial charge < -0.3 is 36.5 Å². The minimum absolute atomic E-state index is 0.800. The summed E-state index contributed by atoms with van der Waals surface area (Å²) in [4.78, 5) is 0. The highest BCUT2D eigenvalue weighted by atomic mass is 15.0. The molecule has 0 aliphatic rings. The van der Waals surface area contributed by atoms with Crippen LogP contribution >= 0.6 is 0 Å². The Balaban J connectivity index is 0.0000000990. The van der Waals surface area contributed by atoms with Gasteiger partial charge in [-0.15, -0.1) is 0 Å². The summed E-state index contributed by atoms with van der Waals surface area (Å²) in [7, 11) is 0. The third-order valence-corrected chi connectivity index (χ3v) is 24.5. The van der Waals surface area contributed by atoms with E-state index in [1.165, 1.54) is 197 Å². The van der Waals surface area contributed by atoms with Crippen LogP contribution in [0.5, 0.6) is 0 Å². The Bertz CT molecular complexity index is 6310. The zero-order valence-electron chi connectivity index (χ0n) is 67.0. The van der Waals surface area contributed by atoms with Gasteiger partial charge in [0.2, 0.25) is 0 Å². The van der Waals surface area contributed by atoms with Crippen LogP contribution in [0.3, 0.4) is 0 Å². The summed E-state index contributed by atoms with van der Waals surface area (Å²) in [6.07, 6.45) is 0. The maximum atomic E-state index is 4.49. The molecule has 0 spiro atoms. The van der Waals surface area contributed by atoms with Crippen LogP contribution in [0.25, 0.3) is 174 Å². The van der Waals surface area contributed by atoms with E-state index in [1.54, 1.807) is 0 Å². The van der Waals surface area contributed by atoms with E-state index in [0.29, 0.717) is 0 Å². The maximum absolute atomic E-state index is 4.49. The van der Waals surface area contributed by atoms with Crippen LogP contribution in [0.4, 0.5) is 0 Å². The van der Waals surface area contributed by atoms with Gasteiger partial charge in [0, 0.05) is 227 Å². The summed E-state index contributed by atoms with van der Waals surface area (Å²) >= 11 is 0. The fourth-order valence-corrected chi connectivity index (χ4v) is 19.4. The van der Waals surface area contributed by atoms with Gasteiger partial charge in [-0.25, -0.2) is 0 Å². The molecule has 0 aliphatic carbocycles. The quantitative estimate of drug-likeness (QED) is 0.0865. The number of aromatic nitrogens is 8. The molecule has 0 N–H and O–H groups in total. The first-order valence-corrected chi connectivity index (χ1v) is 41.6. The molecule has 0 fully saturated rings. The molecular weight excluding hydrogens is 1460 g/mol. The molecular formula is C112H88N8. The molecule has 0 radical (unpaired) electrons. The van der Waals surface area contributed by atoms with E-state index in [2.05, 4.69) is 451 Å². The lowest BCUT2D eigenvalue weighted by Crippen LogP contribution is -2.07. The summed E-state index contributed by atoms with van der Waals surface area (Å²) in [5, 5.41) is 20.9. The average molecular weight is 1550 g/mol. The Morgan fingerprint density at radius 3 is 0.258 bits per heavy atom. The summed E-state index contributed by atoms with van der Waals surface area (Å²) in [5.74, 6) is 0. The minimum Gasteiger partial charge on any atom is -0.336 e. The zero-order chi connectivity index (χ0) is 80.3. The van der Waals surface area contributed by atoms with Gasteiger partial charge in [-0.3, -0.25) is 0 Å². The molecule has 16 aromatic carbocycles. The van der Waals surface area contributed by atoms with Crippen LogP contribution < -0.4 is 0 Å². The van der Waals surface area contributed by atoms with E-state index in [4.69, 9.17) is 0 Å². The molecule has 0 saturated heterocycles. The molecule has 8 aromatic heterocycles. The van der Waals surface area contributed by atoms with Crippen LogP contribution in [0.2, 0.25) is 0 Å². The highest BCUT2D eigenvalue weighted by molar-refractivity contribution is 6.14. The Kier molecular flexibility index (Phi) is 18.6. The monoisotopic (exact) mass is 1540 g/mol. The second-order valence-corrected chi connectivity index (χ2v) is 32.0. The third-order valence-electron chi connectivity index (χ3n) is 24.5. The first-order chi connectivity index (χ1) is 59.2. The third kappa shape index (κ3) is 12.8. The summed E-state index contributed by atoms with van der Waals surface area (Å²) in [5.41, 5.74) is 25.0. The van der Waals surface area contributed by atoms with Crippen molar-refractivity contribution in [1.82, 2.24) is 36.5 Å². The van der Waals surface area contributed by atoms with Crippen LogP contribution in [0.15, 0.2) is 437 Å². The smallest absolute Gasteiger partial charge is 0.0494 e. The van der Waals surface area contributed by atoms with Crippen molar-refractivity contribution >= 4 is 174 Å². The van der Waals surface area contributed by atoms with Crippen molar-refractivity contribution < 1.29 is 0 Å². The first-order valence-electron chi connectivity index (χ1n) is 41.6. The van der Waals surface area contributed by atoms with Crippen molar-refractivity contribution in [2.45, 2.75) is 52.4 Å². The largest absolute Gasteiger partial charge is 0.336 e. The Morgan fingerprint density at radius 1 is 0.117 bits per heavy atom. The Labute approximate surface area is 695 Å². The fraction of sp³-hybridized carbons (Fsp3) is 0.0714. The van der Waals surface area contributed by atoms with Gasteiger partial charge in [-0.05, 0) is 119 Å². The maximum Gasteiger partial charge on any atom is 0.0494 e. The van der Waals surface area contributed by atoms with Crippen LogP contribution in [0.1, 0.15) is 0 Å². The second kappa shape index (κ2) is 30.8. The minimum atomic E-state index is 0.800. The molecule has 120 heavy (non-hydrogen) atoms. The molecule has 0 aliphatic heterocycles. The average Bonchev–Trinajstić information content (AvgIpc) is 1.62. The van der Waals surface area contributed by atoms with Gasteiger partial charge in [0.05, 0.1) is 0 Å². The molecule has 0 amide bonds. The molecule has 576 valence electrons. The van der Waals surface area contributed by atoms with Gasteiger partial charge in [-0.1, -0.05) is 318 Å². The number of rotatable bonds is 16. The second-order valence-electron chi connectivity index (χ2n) is 32.0. The van der Waals surface area contributed by atoms with Gasteiger partial charge in [0.25, 0.3) is 0 Å². The van der Waals surface area contributed by atoms with Crippen molar-refractivity contribution in [3.05, 3.63) is 437 Å². The molecule has 8 nitrogen and oxygen atoms in total. The lowest BCUT2D eigenvalue weighted by molar-refractivity contribution is 0.747. The number of hydrogen-bond acceptors (Lipinski definition) is 0. The van der Waals surface area contributed by atoms with Crippen LogP contribution in [0, 0.1) is 0 Å². The number of fused-ring (bicyclic) bond motifs is 24. The van der Waals surface area contributed by atoms with Gasteiger partial charge in [0.15, 0.2) is 0 Å². The highest BCUT2D eigenvalue weighted by Gasteiger charge is 2.21.